The zero-order chi connectivity index (χ0) is 27.0. The van der Waals surface area contributed by atoms with Crippen molar-refractivity contribution in [2.45, 2.75) is 6.92 Å². The molecule has 4 aromatic rings. The molecule has 5 rings (SSSR count). The van der Waals surface area contributed by atoms with Crippen molar-refractivity contribution in [3.8, 4) is 11.5 Å². The van der Waals surface area contributed by atoms with Gasteiger partial charge in [-0.2, -0.15) is 0 Å². The van der Waals surface area contributed by atoms with Gasteiger partial charge in [0.05, 0.1) is 22.2 Å². The minimum Gasteiger partial charge on any atom is -0.490 e. The lowest BCUT2D eigenvalue weighted by atomic mass is 10.1. The third-order valence-corrected chi connectivity index (χ3v) is 8.02. The van der Waals surface area contributed by atoms with Crippen molar-refractivity contribution in [3.05, 3.63) is 95.8 Å². The summed E-state index contributed by atoms with van der Waals surface area (Å²) in [6, 6.07) is 15.1. The number of benzene rings is 3. The van der Waals surface area contributed by atoms with Gasteiger partial charge in [0.2, 0.25) is 5.90 Å². The summed E-state index contributed by atoms with van der Waals surface area (Å²) in [4.78, 5) is 30.2. The smallest absolute Gasteiger partial charge is 0.363 e. The van der Waals surface area contributed by atoms with Crippen LogP contribution in [0.4, 0.5) is 0 Å². The predicted molar refractivity (Wildman–Crippen MR) is 154 cm³/mol. The molecule has 0 saturated heterocycles. The maximum atomic E-state index is 12.7. The first-order valence-electron chi connectivity index (χ1n) is 11.1. The van der Waals surface area contributed by atoms with Crippen molar-refractivity contribution in [1.82, 2.24) is 0 Å². The van der Waals surface area contributed by atoms with Crippen molar-refractivity contribution in [2.24, 2.45) is 4.99 Å². The van der Waals surface area contributed by atoms with Gasteiger partial charge in [-0.15, -0.1) is 11.3 Å². The first kappa shape index (κ1) is 26.7. The second-order valence-corrected chi connectivity index (χ2v) is 11.1. The average Bonchev–Trinajstić information content (AvgIpc) is 3.39. The highest BCUT2D eigenvalue weighted by molar-refractivity contribution is 9.10. The van der Waals surface area contributed by atoms with Crippen LogP contribution < -0.4 is 9.47 Å². The van der Waals surface area contributed by atoms with Crippen LogP contribution in [-0.4, -0.2) is 24.4 Å². The number of cyclic esters (lactones) is 1. The third-order valence-electron chi connectivity index (χ3n) is 5.33. The number of fused-ring (bicyclic) bond motifs is 1. The summed E-state index contributed by atoms with van der Waals surface area (Å²) < 4.78 is 18.5. The summed E-state index contributed by atoms with van der Waals surface area (Å²) in [6.45, 7) is 2.11. The number of aliphatic imine (C=N–C) groups is 1. The maximum absolute atomic E-state index is 12.7. The Hall–Kier alpha value is -2.88. The summed E-state index contributed by atoms with van der Waals surface area (Å²) in [7, 11) is 0. The van der Waals surface area contributed by atoms with Gasteiger partial charge >= 0.3 is 11.9 Å². The van der Waals surface area contributed by atoms with E-state index in [4.69, 9.17) is 49.0 Å². The molecule has 2 heterocycles. The highest BCUT2D eigenvalue weighted by Crippen LogP contribution is 2.39. The topological polar surface area (TPSA) is 74.2 Å². The van der Waals surface area contributed by atoms with Gasteiger partial charge in [-0.1, -0.05) is 62.9 Å². The molecule has 0 spiro atoms. The van der Waals surface area contributed by atoms with Crippen LogP contribution in [-0.2, 0) is 9.53 Å². The summed E-state index contributed by atoms with van der Waals surface area (Å²) in [5.74, 6) is -0.653. The van der Waals surface area contributed by atoms with Gasteiger partial charge < -0.3 is 14.2 Å². The van der Waals surface area contributed by atoms with E-state index in [1.165, 1.54) is 23.5 Å². The molecule has 0 N–H and O–H groups in total. The van der Waals surface area contributed by atoms with Crippen LogP contribution in [0.5, 0.6) is 11.5 Å². The van der Waals surface area contributed by atoms with Gasteiger partial charge in [-0.05, 0) is 61.0 Å². The molecule has 3 aromatic carbocycles. The number of rotatable bonds is 6. The van der Waals surface area contributed by atoms with Crippen LogP contribution in [0.3, 0.4) is 0 Å². The van der Waals surface area contributed by atoms with E-state index in [9.17, 15) is 9.59 Å². The van der Waals surface area contributed by atoms with Gasteiger partial charge in [0.15, 0.2) is 17.2 Å². The molecule has 1 aromatic heterocycles. The molecule has 192 valence electrons. The lowest BCUT2D eigenvalue weighted by Crippen LogP contribution is -2.10. The second-order valence-electron chi connectivity index (χ2n) is 7.87. The van der Waals surface area contributed by atoms with Crippen LogP contribution in [0.1, 0.15) is 27.7 Å². The number of halogens is 4. The Morgan fingerprint density at radius 2 is 1.89 bits per heavy atom. The van der Waals surface area contributed by atoms with E-state index in [1.807, 2.05) is 18.2 Å². The Morgan fingerprint density at radius 1 is 1.08 bits per heavy atom. The lowest BCUT2D eigenvalue weighted by molar-refractivity contribution is -0.129. The maximum Gasteiger partial charge on any atom is 0.363 e. The van der Waals surface area contributed by atoms with Gasteiger partial charge in [0, 0.05) is 19.6 Å². The standard InChI is InChI=1S/C27H15BrCl3NO5S/c1-2-35-21-10-13(3-8-20(21)36-26(33)16-7-5-15(29)12-18(16)30)9-19-27(34)37-25(32-19)24-23(31)17-6-4-14(28)11-22(17)38-24/h3-12H,2H2,1H3/b19-9+. The Bertz CT molecular complexity index is 1680. The van der Waals surface area contributed by atoms with E-state index in [2.05, 4.69) is 20.9 Å². The number of carbonyl (C=O) groups excluding carboxylic acids is 2. The summed E-state index contributed by atoms with van der Waals surface area (Å²) in [6.07, 6.45) is 1.55. The number of thiophene rings is 1. The quantitative estimate of drug-likeness (QED) is 0.119. The number of hydrogen-bond donors (Lipinski definition) is 0. The SMILES string of the molecule is CCOc1cc(/C=C2/N=C(c3sc4cc(Br)ccc4c3Cl)OC2=O)ccc1OC(=O)c1ccc(Cl)cc1Cl. The number of carbonyl (C=O) groups is 2. The van der Waals surface area contributed by atoms with Crippen LogP contribution in [0.25, 0.3) is 16.2 Å². The molecule has 0 unspecified atom stereocenters. The van der Waals surface area contributed by atoms with Crippen molar-refractivity contribution in [3.63, 3.8) is 0 Å². The van der Waals surface area contributed by atoms with E-state index in [-0.39, 0.29) is 27.9 Å². The third kappa shape index (κ3) is 5.46. The zero-order valence-electron chi connectivity index (χ0n) is 19.4. The molecule has 0 saturated carbocycles. The highest BCUT2D eigenvalue weighted by atomic mass is 79.9. The zero-order valence-corrected chi connectivity index (χ0v) is 24.1. The van der Waals surface area contributed by atoms with Crippen LogP contribution in [0.2, 0.25) is 15.1 Å². The van der Waals surface area contributed by atoms with Crippen molar-refractivity contribution >= 4 is 96.1 Å². The molecule has 0 radical (unpaired) electrons. The van der Waals surface area contributed by atoms with Gasteiger partial charge in [-0.25, -0.2) is 14.6 Å². The summed E-state index contributed by atoms with van der Waals surface area (Å²) >= 11 is 23.4. The predicted octanol–water partition coefficient (Wildman–Crippen LogP) is 8.59. The Kier molecular flexibility index (Phi) is 7.79. The number of nitrogens with zero attached hydrogens (tertiary/aromatic N) is 1. The minimum absolute atomic E-state index is 0.0924. The highest BCUT2D eigenvalue weighted by Gasteiger charge is 2.28. The van der Waals surface area contributed by atoms with Crippen LogP contribution in [0, 0.1) is 0 Å². The molecule has 1 aliphatic rings. The van der Waals surface area contributed by atoms with E-state index in [0.717, 1.165) is 14.6 Å². The molecule has 6 nitrogen and oxygen atoms in total. The Morgan fingerprint density at radius 3 is 2.66 bits per heavy atom. The first-order chi connectivity index (χ1) is 18.2. The summed E-state index contributed by atoms with van der Waals surface area (Å²) in [5.41, 5.74) is 0.837. The Balaban J connectivity index is 1.43. The fourth-order valence-corrected chi connectivity index (χ4v) is 6.09. The minimum atomic E-state index is -0.667. The first-order valence-corrected chi connectivity index (χ1v) is 13.8. The van der Waals surface area contributed by atoms with Gasteiger partial charge in [0.25, 0.3) is 0 Å². The Labute approximate surface area is 244 Å². The number of hydrogen-bond acceptors (Lipinski definition) is 7. The molecule has 11 heteroatoms. The largest absolute Gasteiger partial charge is 0.490 e. The second kappa shape index (κ2) is 11.1. The van der Waals surface area contributed by atoms with Crippen molar-refractivity contribution in [1.29, 1.82) is 0 Å². The molecule has 0 fully saturated rings. The van der Waals surface area contributed by atoms with Crippen LogP contribution >= 0.6 is 62.1 Å². The van der Waals surface area contributed by atoms with E-state index in [0.29, 0.717) is 32.8 Å². The molecule has 0 bridgehead atoms. The number of esters is 2. The monoisotopic (exact) mass is 649 g/mol. The van der Waals surface area contributed by atoms with Crippen LogP contribution in [0.15, 0.2) is 69.8 Å². The van der Waals surface area contributed by atoms with Gasteiger partial charge in [0.1, 0.15) is 4.88 Å². The van der Waals surface area contributed by atoms with Crippen molar-refractivity contribution in [2.75, 3.05) is 6.61 Å². The average molecular weight is 652 g/mol. The fourth-order valence-electron chi connectivity index (χ4n) is 3.62. The molecule has 1 aliphatic heterocycles. The lowest BCUT2D eigenvalue weighted by Gasteiger charge is -2.12. The van der Waals surface area contributed by atoms with E-state index >= 15 is 0 Å². The molecule has 38 heavy (non-hydrogen) atoms. The molecular weight excluding hydrogens is 637 g/mol. The van der Waals surface area contributed by atoms with E-state index < -0.39 is 11.9 Å². The van der Waals surface area contributed by atoms with E-state index in [1.54, 1.807) is 37.3 Å². The number of ether oxygens (including phenoxy) is 3. The normalized spacial score (nSPS) is 14.1. The van der Waals surface area contributed by atoms with Crippen molar-refractivity contribution < 1.29 is 23.8 Å². The molecule has 0 aliphatic carbocycles. The molecule has 0 amide bonds. The fraction of sp³-hybridized carbons (Fsp3) is 0.0741. The summed E-state index contributed by atoms with van der Waals surface area (Å²) in [5, 5.41) is 1.88. The molecule has 0 atom stereocenters. The molecular formula is C27H15BrCl3NO5S. The van der Waals surface area contributed by atoms with Gasteiger partial charge in [-0.3, -0.25) is 0 Å².